The molecular formula is C20H16BrN3O2S. The Hall–Kier alpha value is -2.48. The second-order valence-corrected chi connectivity index (χ2v) is 8.68. The molecule has 0 bridgehead atoms. The fourth-order valence-corrected chi connectivity index (χ4v) is 4.22. The molecule has 0 aliphatic carbocycles. The predicted molar refractivity (Wildman–Crippen MR) is 112 cm³/mol. The van der Waals surface area contributed by atoms with Crippen molar-refractivity contribution in [2.24, 2.45) is 5.14 Å². The molecule has 0 spiro atoms. The van der Waals surface area contributed by atoms with E-state index < -0.39 is 10.0 Å². The molecule has 0 atom stereocenters. The maximum Gasteiger partial charge on any atom is 0.238 e. The van der Waals surface area contributed by atoms with Crippen LogP contribution in [0, 0.1) is 0 Å². The van der Waals surface area contributed by atoms with Crippen LogP contribution in [0.4, 0.5) is 5.69 Å². The van der Waals surface area contributed by atoms with Crippen molar-refractivity contribution in [1.29, 1.82) is 0 Å². The molecule has 3 N–H and O–H groups in total. The highest BCUT2D eigenvalue weighted by Gasteiger charge is 2.15. The molecule has 1 heterocycles. The Morgan fingerprint density at radius 3 is 2.63 bits per heavy atom. The summed E-state index contributed by atoms with van der Waals surface area (Å²) in [5.41, 5.74) is 2.44. The van der Waals surface area contributed by atoms with Crippen LogP contribution in [0.5, 0.6) is 0 Å². The maximum atomic E-state index is 11.8. The topological polar surface area (TPSA) is 85.1 Å². The summed E-state index contributed by atoms with van der Waals surface area (Å²) in [7, 11) is -3.81. The van der Waals surface area contributed by atoms with E-state index in [4.69, 9.17) is 5.14 Å². The molecule has 0 radical (unpaired) electrons. The first-order valence-corrected chi connectivity index (χ1v) is 10.6. The number of halogens is 1. The van der Waals surface area contributed by atoms with Crippen LogP contribution < -0.4 is 10.5 Å². The van der Waals surface area contributed by atoms with Gasteiger partial charge < -0.3 is 5.32 Å². The third-order valence-corrected chi connectivity index (χ3v) is 5.85. The zero-order valence-corrected chi connectivity index (χ0v) is 16.6. The molecule has 136 valence electrons. The van der Waals surface area contributed by atoms with Gasteiger partial charge in [0.25, 0.3) is 0 Å². The Morgan fingerprint density at radius 2 is 1.81 bits per heavy atom. The minimum absolute atomic E-state index is 0.0757. The number of rotatable bonds is 4. The normalized spacial score (nSPS) is 11.8. The van der Waals surface area contributed by atoms with Crippen LogP contribution in [0.2, 0.25) is 0 Å². The predicted octanol–water partition coefficient (Wildman–Crippen LogP) is 4.41. The van der Waals surface area contributed by atoms with Crippen LogP contribution in [0.15, 0.2) is 76.2 Å². The summed E-state index contributed by atoms with van der Waals surface area (Å²) < 4.78 is 24.7. The second kappa shape index (κ2) is 6.92. The van der Waals surface area contributed by atoms with Crippen LogP contribution in [0.3, 0.4) is 0 Å². The van der Waals surface area contributed by atoms with Gasteiger partial charge in [-0.2, -0.15) is 0 Å². The van der Waals surface area contributed by atoms with Gasteiger partial charge in [-0.3, -0.25) is 4.98 Å². The lowest BCUT2D eigenvalue weighted by Crippen LogP contribution is -2.13. The highest BCUT2D eigenvalue weighted by Crippen LogP contribution is 2.28. The van der Waals surface area contributed by atoms with Gasteiger partial charge in [0.2, 0.25) is 10.0 Å². The van der Waals surface area contributed by atoms with Crippen molar-refractivity contribution in [2.75, 3.05) is 5.32 Å². The van der Waals surface area contributed by atoms with E-state index in [1.165, 1.54) is 11.5 Å². The number of hydrogen-bond donors (Lipinski definition) is 2. The van der Waals surface area contributed by atoms with Gasteiger partial charge in [-0.1, -0.05) is 34.1 Å². The van der Waals surface area contributed by atoms with E-state index in [9.17, 15) is 8.42 Å². The first-order valence-electron chi connectivity index (χ1n) is 8.24. The molecule has 0 aliphatic rings. The third-order valence-electron chi connectivity index (χ3n) is 4.39. The standard InChI is InChI=1S/C20H16BrN3O2S/c21-16-6-5-14-4-3-13(10-15(14)11-16)12-24-18-7-8-19(27(22,25)26)17-2-1-9-23-20(17)18/h1-11,24H,12H2,(H2,22,25,26). The van der Waals surface area contributed by atoms with Gasteiger partial charge in [-0.15, -0.1) is 0 Å². The summed E-state index contributed by atoms with van der Waals surface area (Å²) >= 11 is 3.50. The summed E-state index contributed by atoms with van der Waals surface area (Å²) in [5, 5.41) is 11.5. The summed E-state index contributed by atoms with van der Waals surface area (Å²) in [6.45, 7) is 0.586. The Kier molecular flexibility index (Phi) is 4.59. The Bertz CT molecular complexity index is 1270. The molecule has 3 aromatic carbocycles. The van der Waals surface area contributed by atoms with Crippen molar-refractivity contribution in [3.05, 3.63) is 76.9 Å². The second-order valence-electron chi connectivity index (χ2n) is 6.24. The molecule has 4 aromatic rings. The van der Waals surface area contributed by atoms with Gasteiger partial charge in [0.05, 0.1) is 16.1 Å². The lowest BCUT2D eigenvalue weighted by Gasteiger charge is -2.12. The Labute approximate surface area is 165 Å². The quantitative estimate of drug-likeness (QED) is 0.490. The maximum absolute atomic E-state index is 11.8. The highest BCUT2D eigenvalue weighted by molar-refractivity contribution is 9.10. The first-order chi connectivity index (χ1) is 12.9. The van der Waals surface area contributed by atoms with Crippen LogP contribution in [0.25, 0.3) is 21.7 Å². The molecule has 0 saturated heterocycles. The van der Waals surface area contributed by atoms with Crippen LogP contribution in [-0.2, 0) is 16.6 Å². The summed E-state index contributed by atoms with van der Waals surface area (Å²) in [6, 6.07) is 19.1. The Morgan fingerprint density at radius 1 is 1.00 bits per heavy atom. The largest absolute Gasteiger partial charge is 0.379 e. The van der Waals surface area contributed by atoms with E-state index in [1.54, 1.807) is 24.4 Å². The van der Waals surface area contributed by atoms with Crippen molar-refractivity contribution < 1.29 is 8.42 Å². The van der Waals surface area contributed by atoms with Crippen LogP contribution >= 0.6 is 15.9 Å². The summed E-state index contributed by atoms with van der Waals surface area (Å²) in [4.78, 5) is 4.42. The number of nitrogens with one attached hydrogen (secondary N) is 1. The third kappa shape index (κ3) is 3.66. The van der Waals surface area contributed by atoms with E-state index in [0.29, 0.717) is 17.4 Å². The average Bonchev–Trinajstić information content (AvgIpc) is 2.64. The number of sulfonamides is 1. The minimum Gasteiger partial charge on any atom is -0.379 e. The fraction of sp³-hybridized carbons (Fsp3) is 0.0500. The number of primary sulfonamides is 1. The highest BCUT2D eigenvalue weighted by atomic mass is 79.9. The summed E-state index contributed by atoms with van der Waals surface area (Å²) in [6.07, 6.45) is 1.63. The number of benzene rings is 3. The van der Waals surface area contributed by atoms with E-state index in [0.717, 1.165) is 21.1 Å². The molecule has 0 aliphatic heterocycles. The van der Waals surface area contributed by atoms with Crippen molar-refractivity contribution in [2.45, 2.75) is 11.4 Å². The van der Waals surface area contributed by atoms with Crippen molar-refractivity contribution in [3.63, 3.8) is 0 Å². The molecule has 0 unspecified atom stereocenters. The molecule has 7 heteroatoms. The van der Waals surface area contributed by atoms with Gasteiger partial charge in [0, 0.05) is 22.6 Å². The van der Waals surface area contributed by atoms with Gasteiger partial charge in [-0.25, -0.2) is 13.6 Å². The first kappa shape index (κ1) is 17.9. The SMILES string of the molecule is NS(=O)(=O)c1ccc(NCc2ccc3ccc(Br)cc3c2)c2ncccc12. The van der Waals surface area contributed by atoms with Gasteiger partial charge >= 0.3 is 0 Å². The number of fused-ring (bicyclic) bond motifs is 2. The molecule has 4 rings (SSSR count). The molecule has 5 nitrogen and oxygen atoms in total. The number of anilines is 1. The fourth-order valence-electron chi connectivity index (χ4n) is 3.11. The zero-order valence-electron chi connectivity index (χ0n) is 14.2. The van der Waals surface area contributed by atoms with Gasteiger partial charge in [-0.05, 0) is 58.8 Å². The smallest absolute Gasteiger partial charge is 0.238 e. The molecule has 27 heavy (non-hydrogen) atoms. The molecule has 0 amide bonds. The van der Waals surface area contributed by atoms with E-state index in [-0.39, 0.29) is 4.90 Å². The van der Waals surface area contributed by atoms with Crippen molar-refractivity contribution >= 4 is 53.3 Å². The van der Waals surface area contributed by atoms with Crippen LogP contribution in [-0.4, -0.2) is 13.4 Å². The molecule has 0 fully saturated rings. The van der Waals surface area contributed by atoms with Gasteiger partial charge in [0.15, 0.2) is 0 Å². The lowest BCUT2D eigenvalue weighted by atomic mass is 10.1. The monoisotopic (exact) mass is 441 g/mol. The Balaban J connectivity index is 1.68. The number of aromatic nitrogens is 1. The zero-order chi connectivity index (χ0) is 19.0. The number of nitrogens with two attached hydrogens (primary N) is 1. The molecular weight excluding hydrogens is 426 g/mol. The molecule has 0 saturated carbocycles. The molecule has 1 aromatic heterocycles. The van der Waals surface area contributed by atoms with Crippen molar-refractivity contribution in [1.82, 2.24) is 4.98 Å². The van der Waals surface area contributed by atoms with Crippen molar-refractivity contribution in [3.8, 4) is 0 Å². The van der Waals surface area contributed by atoms with E-state index in [1.807, 2.05) is 6.07 Å². The van der Waals surface area contributed by atoms with Gasteiger partial charge in [0.1, 0.15) is 0 Å². The summed E-state index contributed by atoms with van der Waals surface area (Å²) in [5.74, 6) is 0. The number of nitrogens with zero attached hydrogens (tertiary/aromatic N) is 1. The van der Waals surface area contributed by atoms with Crippen LogP contribution in [0.1, 0.15) is 5.56 Å². The number of pyridine rings is 1. The lowest BCUT2D eigenvalue weighted by molar-refractivity contribution is 0.598. The minimum atomic E-state index is -3.81. The van der Waals surface area contributed by atoms with E-state index in [2.05, 4.69) is 56.6 Å². The average molecular weight is 442 g/mol. The van der Waals surface area contributed by atoms with E-state index >= 15 is 0 Å². The number of hydrogen-bond acceptors (Lipinski definition) is 4.